The lowest BCUT2D eigenvalue weighted by atomic mass is 10.1. The highest BCUT2D eigenvalue weighted by atomic mass is 32.2. The van der Waals surface area contributed by atoms with Crippen LogP contribution in [-0.4, -0.2) is 48.1 Å². The number of thiocarbonyl (C=S) groups is 1. The molecule has 0 aromatic heterocycles. The topological polar surface area (TPSA) is 49.4 Å². The normalized spacial score (nSPS) is 35.1. The third-order valence-electron chi connectivity index (χ3n) is 3.29. The molecule has 0 saturated carbocycles. The molecule has 2 aliphatic rings. The first-order chi connectivity index (χ1) is 6.94. The molecule has 0 amide bonds. The minimum absolute atomic E-state index is 0.0106. The fourth-order valence-corrected chi connectivity index (χ4v) is 4.72. The van der Waals surface area contributed by atoms with E-state index in [9.17, 15) is 8.42 Å². The van der Waals surface area contributed by atoms with Crippen LogP contribution in [0, 0.1) is 0 Å². The van der Waals surface area contributed by atoms with Gasteiger partial charge in [-0.15, -0.1) is 0 Å². The Morgan fingerprint density at radius 3 is 2.87 bits per heavy atom. The van der Waals surface area contributed by atoms with Gasteiger partial charge in [0.2, 0.25) is 0 Å². The van der Waals surface area contributed by atoms with Gasteiger partial charge in [0, 0.05) is 6.04 Å². The van der Waals surface area contributed by atoms with Gasteiger partial charge in [0.15, 0.2) is 14.9 Å². The first-order valence-corrected chi connectivity index (χ1v) is 7.47. The summed E-state index contributed by atoms with van der Waals surface area (Å²) in [6.07, 6.45) is 0.977. The van der Waals surface area contributed by atoms with Crippen LogP contribution in [0.15, 0.2) is 0 Å². The van der Waals surface area contributed by atoms with Gasteiger partial charge < -0.3 is 10.2 Å². The van der Waals surface area contributed by atoms with Crippen molar-refractivity contribution in [3.63, 3.8) is 0 Å². The minimum Gasteiger partial charge on any atom is -0.357 e. The molecule has 0 radical (unpaired) electrons. The Labute approximate surface area is 95.9 Å². The van der Waals surface area contributed by atoms with Crippen molar-refractivity contribution in [1.29, 1.82) is 0 Å². The Balaban J connectivity index is 2.23. The Morgan fingerprint density at radius 2 is 2.27 bits per heavy atom. The summed E-state index contributed by atoms with van der Waals surface area (Å²) < 4.78 is 23.0. The maximum absolute atomic E-state index is 11.5. The fourth-order valence-electron chi connectivity index (χ4n) is 2.35. The van der Waals surface area contributed by atoms with Gasteiger partial charge >= 0.3 is 0 Å². The van der Waals surface area contributed by atoms with Crippen molar-refractivity contribution in [2.75, 3.05) is 11.5 Å². The van der Waals surface area contributed by atoms with Crippen LogP contribution in [0.25, 0.3) is 0 Å². The molecule has 2 fully saturated rings. The molecule has 3 atom stereocenters. The second kappa shape index (κ2) is 3.59. The number of nitrogens with one attached hydrogen (secondary N) is 1. The predicted molar refractivity (Wildman–Crippen MR) is 63.6 cm³/mol. The first kappa shape index (κ1) is 11.1. The van der Waals surface area contributed by atoms with E-state index in [0.29, 0.717) is 11.2 Å². The van der Waals surface area contributed by atoms with Crippen molar-refractivity contribution in [3.8, 4) is 0 Å². The molecule has 0 aromatic carbocycles. The van der Waals surface area contributed by atoms with E-state index in [1.807, 2.05) is 0 Å². The Bertz CT molecular complexity index is 380. The van der Waals surface area contributed by atoms with Crippen LogP contribution < -0.4 is 5.32 Å². The largest absolute Gasteiger partial charge is 0.357 e. The molecule has 0 aliphatic carbocycles. The molecule has 2 saturated heterocycles. The highest BCUT2D eigenvalue weighted by Gasteiger charge is 2.47. The summed E-state index contributed by atoms with van der Waals surface area (Å²) >= 11 is 5.23. The highest BCUT2D eigenvalue weighted by molar-refractivity contribution is 7.91. The molecule has 1 N–H and O–H groups in total. The first-order valence-electron chi connectivity index (χ1n) is 5.24. The number of rotatable bonds is 2. The third-order valence-corrected chi connectivity index (χ3v) is 5.33. The lowest BCUT2D eigenvalue weighted by Crippen LogP contribution is -2.42. The Hall–Kier alpha value is -0.360. The summed E-state index contributed by atoms with van der Waals surface area (Å²) in [5, 5.41) is 3.83. The molecule has 6 heteroatoms. The van der Waals surface area contributed by atoms with Gasteiger partial charge in [-0.25, -0.2) is 8.42 Å². The third kappa shape index (κ3) is 1.85. The van der Waals surface area contributed by atoms with Crippen molar-refractivity contribution >= 4 is 27.2 Å². The van der Waals surface area contributed by atoms with Crippen LogP contribution in [0.5, 0.6) is 0 Å². The number of nitrogens with zero attached hydrogens (tertiary/aromatic N) is 1. The predicted octanol–water partition coefficient (Wildman–Crippen LogP) is 0.141. The van der Waals surface area contributed by atoms with E-state index in [2.05, 4.69) is 24.1 Å². The molecular formula is C9H16N2O2S2. The zero-order valence-corrected chi connectivity index (χ0v) is 10.6. The average Bonchev–Trinajstić information content (AvgIpc) is 2.54. The molecule has 15 heavy (non-hydrogen) atoms. The number of fused-ring (bicyclic) bond motifs is 1. The number of sulfone groups is 1. The maximum atomic E-state index is 11.5. The van der Waals surface area contributed by atoms with Crippen molar-refractivity contribution in [2.45, 2.75) is 38.4 Å². The second-order valence-corrected chi connectivity index (χ2v) is 6.91. The standard InChI is InChI=1S/C9H16N2O2S2/c1-3-6(2)11-8-5-15(12,13)4-7(8)10-9(11)14/h6-8H,3-5H2,1-2H3,(H,10,14)/t6-,7+,8+/m0/s1. The van der Waals surface area contributed by atoms with Gasteiger partial charge in [-0.2, -0.15) is 0 Å². The maximum Gasteiger partial charge on any atom is 0.169 e. The molecule has 0 spiro atoms. The fraction of sp³-hybridized carbons (Fsp3) is 0.889. The highest BCUT2D eigenvalue weighted by Crippen LogP contribution is 2.26. The van der Waals surface area contributed by atoms with E-state index in [1.54, 1.807) is 0 Å². The van der Waals surface area contributed by atoms with Gasteiger partial charge in [-0.1, -0.05) is 6.92 Å². The summed E-state index contributed by atoms with van der Waals surface area (Å²) in [4.78, 5) is 2.06. The van der Waals surface area contributed by atoms with Gasteiger partial charge in [0.25, 0.3) is 0 Å². The van der Waals surface area contributed by atoms with Gasteiger partial charge in [-0.05, 0) is 25.6 Å². The second-order valence-electron chi connectivity index (χ2n) is 4.36. The molecule has 86 valence electrons. The molecule has 2 heterocycles. The summed E-state index contributed by atoms with van der Waals surface area (Å²) in [6, 6.07) is 0.377. The monoisotopic (exact) mass is 248 g/mol. The summed E-state index contributed by atoms with van der Waals surface area (Å²) in [6.45, 7) is 4.17. The zero-order valence-electron chi connectivity index (χ0n) is 8.93. The van der Waals surface area contributed by atoms with Gasteiger partial charge in [0.1, 0.15) is 0 Å². The van der Waals surface area contributed by atoms with Crippen LogP contribution >= 0.6 is 12.2 Å². The van der Waals surface area contributed by atoms with E-state index in [0.717, 1.165) is 6.42 Å². The van der Waals surface area contributed by atoms with Gasteiger partial charge in [0.05, 0.1) is 23.6 Å². The molecule has 0 aromatic rings. The van der Waals surface area contributed by atoms with Crippen molar-refractivity contribution < 1.29 is 8.42 Å². The van der Waals surface area contributed by atoms with Crippen LogP contribution in [0.4, 0.5) is 0 Å². The number of hydrogen-bond donors (Lipinski definition) is 1. The van der Waals surface area contributed by atoms with E-state index < -0.39 is 9.84 Å². The summed E-state index contributed by atoms with van der Waals surface area (Å²) in [5.74, 6) is 0.472. The van der Waals surface area contributed by atoms with Crippen molar-refractivity contribution in [2.24, 2.45) is 0 Å². The van der Waals surface area contributed by atoms with Crippen LogP contribution in [0.1, 0.15) is 20.3 Å². The molecular weight excluding hydrogens is 232 g/mol. The van der Waals surface area contributed by atoms with Crippen molar-refractivity contribution in [3.05, 3.63) is 0 Å². The molecule has 0 unspecified atom stereocenters. The Morgan fingerprint density at radius 1 is 1.60 bits per heavy atom. The van der Waals surface area contributed by atoms with Crippen LogP contribution in [-0.2, 0) is 9.84 Å². The lowest BCUT2D eigenvalue weighted by molar-refractivity contribution is 0.279. The van der Waals surface area contributed by atoms with E-state index in [4.69, 9.17) is 12.2 Å². The smallest absolute Gasteiger partial charge is 0.169 e. The molecule has 4 nitrogen and oxygen atoms in total. The number of hydrogen-bond acceptors (Lipinski definition) is 3. The molecule has 0 bridgehead atoms. The van der Waals surface area contributed by atoms with Crippen LogP contribution in [0.3, 0.4) is 0 Å². The molecule has 2 aliphatic heterocycles. The summed E-state index contributed by atoms with van der Waals surface area (Å²) in [7, 11) is -2.87. The van der Waals surface area contributed by atoms with Crippen LogP contribution in [0.2, 0.25) is 0 Å². The average molecular weight is 248 g/mol. The SMILES string of the molecule is CC[C@H](C)N1C(=S)N[C@@H]2CS(=O)(=O)C[C@H]21. The van der Waals surface area contributed by atoms with Crippen molar-refractivity contribution in [1.82, 2.24) is 10.2 Å². The minimum atomic E-state index is -2.87. The summed E-state index contributed by atoms with van der Waals surface area (Å²) in [5.41, 5.74) is 0. The van der Waals surface area contributed by atoms with E-state index >= 15 is 0 Å². The quantitative estimate of drug-likeness (QED) is 0.705. The van der Waals surface area contributed by atoms with E-state index in [1.165, 1.54) is 0 Å². The zero-order chi connectivity index (χ0) is 11.2. The van der Waals surface area contributed by atoms with E-state index in [-0.39, 0.29) is 23.6 Å². The Kier molecular flexibility index (Phi) is 2.66. The lowest BCUT2D eigenvalue weighted by Gasteiger charge is -2.29. The van der Waals surface area contributed by atoms with Gasteiger partial charge in [-0.3, -0.25) is 0 Å². The molecule has 2 rings (SSSR count).